The normalized spacial score (nSPS) is 28.7. The lowest BCUT2D eigenvalue weighted by molar-refractivity contribution is -0.109. The molecule has 2 aromatic rings. The summed E-state index contributed by atoms with van der Waals surface area (Å²) in [6.07, 6.45) is 13.9. The largest absolute Gasteiger partial charge is 0.378 e. The van der Waals surface area contributed by atoms with E-state index >= 15 is 0 Å². The van der Waals surface area contributed by atoms with Crippen LogP contribution < -0.4 is 0 Å². The maximum Gasteiger partial charge on any atom is 0.0945 e. The van der Waals surface area contributed by atoms with Crippen LogP contribution >= 0.6 is 0 Å². The average molecular weight is 392 g/mol. The standard InChI is InChI=1S/C26H33NO2/c1(7-21-8-5-9-22-10-6-11-23(21)22)3-13-25(24-12-2-4-16-27-24)14-18-29-26(19-25)15-17-28-20-26/h2,4-5,8-9,12,16H,1,3,6-7,10-11,13-15,17-20H2/t25-,26-/m1/s1. The van der Waals surface area contributed by atoms with Gasteiger partial charge in [-0.05, 0) is 80.2 Å². The highest BCUT2D eigenvalue weighted by Gasteiger charge is 2.49. The highest BCUT2D eigenvalue weighted by atomic mass is 16.6. The quantitative estimate of drug-likeness (QED) is 0.635. The number of nitrogens with zero attached hydrogens (tertiary/aromatic N) is 1. The maximum atomic E-state index is 6.28. The van der Waals surface area contributed by atoms with Gasteiger partial charge in [0.2, 0.25) is 0 Å². The van der Waals surface area contributed by atoms with Crippen molar-refractivity contribution in [3.05, 3.63) is 65.0 Å². The average Bonchev–Trinajstić information content (AvgIpc) is 3.42. The van der Waals surface area contributed by atoms with Crippen LogP contribution in [0.5, 0.6) is 0 Å². The summed E-state index contributed by atoms with van der Waals surface area (Å²) in [6.45, 7) is 2.40. The van der Waals surface area contributed by atoms with E-state index in [9.17, 15) is 0 Å². The summed E-state index contributed by atoms with van der Waals surface area (Å²) in [7, 11) is 0. The molecule has 0 radical (unpaired) electrons. The summed E-state index contributed by atoms with van der Waals surface area (Å²) in [5.74, 6) is 0. The summed E-state index contributed by atoms with van der Waals surface area (Å²) in [5, 5.41) is 0. The third-order valence-electron chi connectivity index (χ3n) is 7.52. The van der Waals surface area contributed by atoms with Gasteiger partial charge >= 0.3 is 0 Å². The topological polar surface area (TPSA) is 31.4 Å². The first-order valence-electron chi connectivity index (χ1n) is 11.5. The third kappa shape index (κ3) is 3.87. The molecule has 1 aromatic carbocycles. The smallest absolute Gasteiger partial charge is 0.0945 e. The number of rotatable bonds is 6. The van der Waals surface area contributed by atoms with Crippen molar-refractivity contribution in [2.45, 2.75) is 75.2 Å². The van der Waals surface area contributed by atoms with Gasteiger partial charge in [0.15, 0.2) is 0 Å². The Kier molecular flexibility index (Phi) is 5.45. The van der Waals surface area contributed by atoms with Gasteiger partial charge in [-0.1, -0.05) is 30.7 Å². The molecule has 1 aromatic heterocycles. The van der Waals surface area contributed by atoms with Crippen LogP contribution in [0.25, 0.3) is 0 Å². The van der Waals surface area contributed by atoms with E-state index in [2.05, 4.69) is 30.3 Å². The minimum Gasteiger partial charge on any atom is -0.378 e. The lowest BCUT2D eigenvalue weighted by Crippen LogP contribution is -2.48. The molecule has 3 aliphatic rings. The van der Waals surface area contributed by atoms with E-state index in [1.807, 2.05) is 12.3 Å². The fourth-order valence-corrected chi connectivity index (χ4v) is 6.01. The number of pyridine rings is 1. The Bertz CT molecular complexity index is 828. The van der Waals surface area contributed by atoms with Gasteiger partial charge in [0.05, 0.1) is 12.2 Å². The molecule has 29 heavy (non-hydrogen) atoms. The second kappa shape index (κ2) is 8.20. The molecule has 0 unspecified atom stereocenters. The Balaban J connectivity index is 1.29. The van der Waals surface area contributed by atoms with Crippen LogP contribution in [0.2, 0.25) is 0 Å². The molecule has 0 bridgehead atoms. The predicted octanol–water partition coefficient (Wildman–Crippen LogP) is 5.19. The molecule has 0 saturated carbocycles. The van der Waals surface area contributed by atoms with Crippen LogP contribution in [-0.2, 0) is 34.2 Å². The first kappa shape index (κ1) is 19.3. The third-order valence-corrected chi connectivity index (χ3v) is 7.52. The van der Waals surface area contributed by atoms with Crippen LogP contribution in [0.3, 0.4) is 0 Å². The summed E-state index contributed by atoms with van der Waals surface area (Å²) >= 11 is 0. The second-order valence-electron chi connectivity index (χ2n) is 9.37. The molecule has 3 nitrogen and oxygen atoms in total. The Hall–Kier alpha value is -1.71. The maximum absolute atomic E-state index is 6.28. The lowest BCUT2D eigenvalue weighted by Gasteiger charge is -2.45. The highest BCUT2D eigenvalue weighted by molar-refractivity contribution is 5.38. The molecule has 2 aliphatic heterocycles. The summed E-state index contributed by atoms with van der Waals surface area (Å²) in [6, 6.07) is 13.4. The summed E-state index contributed by atoms with van der Waals surface area (Å²) < 4.78 is 12.0. The number of hydrogen-bond acceptors (Lipinski definition) is 3. The highest BCUT2D eigenvalue weighted by Crippen LogP contribution is 2.47. The fourth-order valence-electron chi connectivity index (χ4n) is 6.01. The van der Waals surface area contributed by atoms with Gasteiger partial charge < -0.3 is 9.47 Å². The number of fused-ring (bicyclic) bond motifs is 1. The van der Waals surface area contributed by atoms with Crippen molar-refractivity contribution in [1.29, 1.82) is 0 Å². The molecule has 5 rings (SSSR count). The summed E-state index contributed by atoms with van der Waals surface area (Å²) in [4.78, 5) is 4.82. The lowest BCUT2D eigenvalue weighted by atomic mass is 9.67. The van der Waals surface area contributed by atoms with E-state index in [-0.39, 0.29) is 11.0 Å². The zero-order valence-electron chi connectivity index (χ0n) is 17.5. The molecule has 0 amide bonds. The van der Waals surface area contributed by atoms with Gasteiger partial charge in [-0.15, -0.1) is 0 Å². The minimum atomic E-state index is -0.0873. The molecule has 1 spiro atoms. The molecule has 1 aliphatic carbocycles. The van der Waals surface area contributed by atoms with Crippen LogP contribution in [0, 0.1) is 0 Å². The number of unbranched alkanes of at least 4 members (excludes halogenated alkanes) is 1. The van der Waals surface area contributed by atoms with Crippen molar-refractivity contribution < 1.29 is 9.47 Å². The van der Waals surface area contributed by atoms with Crippen LogP contribution in [0.1, 0.15) is 67.3 Å². The van der Waals surface area contributed by atoms with E-state index in [1.54, 1.807) is 16.7 Å². The molecule has 0 N–H and O–H groups in total. The predicted molar refractivity (Wildman–Crippen MR) is 115 cm³/mol. The molecular weight excluding hydrogens is 358 g/mol. The molecule has 3 heteroatoms. The van der Waals surface area contributed by atoms with E-state index in [0.29, 0.717) is 0 Å². The number of hydrogen-bond donors (Lipinski definition) is 0. The Morgan fingerprint density at radius 3 is 2.83 bits per heavy atom. The zero-order chi connectivity index (χ0) is 19.6. The molecular formula is C26H33NO2. The number of aryl methyl sites for hydroxylation is 2. The second-order valence-corrected chi connectivity index (χ2v) is 9.37. The SMILES string of the molecule is c1ccc([C@]2(CCCCc3cccc4c3CCC4)CCO[C@]3(CCOC3)C2)nc1. The Labute approximate surface area is 174 Å². The van der Waals surface area contributed by atoms with Crippen molar-refractivity contribution >= 4 is 0 Å². The number of ether oxygens (including phenoxy) is 2. The van der Waals surface area contributed by atoms with Crippen molar-refractivity contribution in [3.8, 4) is 0 Å². The number of aromatic nitrogens is 1. The van der Waals surface area contributed by atoms with Gasteiger partial charge in [-0.25, -0.2) is 0 Å². The minimum absolute atomic E-state index is 0.0873. The molecule has 2 atom stereocenters. The van der Waals surface area contributed by atoms with E-state index in [4.69, 9.17) is 14.5 Å². The van der Waals surface area contributed by atoms with E-state index in [1.165, 1.54) is 50.6 Å². The number of benzene rings is 1. The molecule has 2 saturated heterocycles. The first-order chi connectivity index (χ1) is 14.3. The zero-order valence-corrected chi connectivity index (χ0v) is 17.5. The van der Waals surface area contributed by atoms with E-state index < -0.39 is 0 Å². The van der Waals surface area contributed by atoms with Crippen LogP contribution in [0.4, 0.5) is 0 Å². The van der Waals surface area contributed by atoms with Crippen molar-refractivity contribution in [3.63, 3.8) is 0 Å². The molecule has 2 fully saturated rings. The van der Waals surface area contributed by atoms with Crippen LogP contribution in [0.15, 0.2) is 42.6 Å². The Morgan fingerprint density at radius 2 is 1.97 bits per heavy atom. The Morgan fingerprint density at radius 1 is 0.966 bits per heavy atom. The fraction of sp³-hybridized carbons (Fsp3) is 0.577. The van der Waals surface area contributed by atoms with Gasteiger partial charge in [-0.3, -0.25) is 4.98 Å². The van der Waals surface area contributed by atoms with Gasteiger partial charge in [0.1, 0.15) is 0 Å². The molecule has 154 valence electrons. The summed E-state index contributed by atoms with van der Waals surface area (Å²) in [5.41, 5.74) is 6.15. The first-order valence-corrected chi connectivity index (χ1v) is 11.5. The molecule has 3 heterocycles. The van der Waals surface area contributed by atoms with Crippen molar-refractivity contribution in [2.75, 3.05) is 19.8 Å². The van der Waals surface area contributed by atoms with Crippen LogP contribution in [-0.4, -0.2) is 30.4 Å². The van der Waals surface area contributed by atoms with Gasteiger partial charge in [-0.2, -0.15) is 0 Å². The van der Waals surface area contributed by atoms with Crippen molar-refractivity contribution in [1.82, 2.24) is 4.98 Å². The van der Waals surface area contributed by atoms with E-state index in [0.717, 1.165) is 39.1 Å². The van der Waals surface area contributed by atoms with Crippen molar-refractivity contribution in [2.24, 2.45) is 0 Å². The monoisotopic (exact) mass is 391 g/mol. The van der Waals surface area contributed by atoms with Gasteiger partial charge in [0.25, 0.3) is 0 Å². The van der Waals surface area contributed by atoms with Gasteiger partial charge in [0, 0.05) is 36.9 Å².